The molecule has 1 amide bonds. The lowest BCUT2D eigenvalue weighted by molar-refractivity contribution is -0.115. The van der Waals surface area contributed by atoms with E-state index in [0.717, 1.165) is 15.7 Å². The lowest BCUT2D eigenvalue weighted by atomic mass is 9.86. The highest BCUT2D eigenvalue weighted by Gasteiger charge is 2.22. The first-order chi connectivity index (χ1) is 11.6. The highest BCUT2D eigenvalue weighted by atomic mass is 79.9. The molecule has 4 nitrogen and oxygen atoms in total. The highest BCUT2D eigenvalue weighted by Crippen LogP contribution is 2.30. The molecule has 1 aliphatic carbocycles. The summed E-state index contributed by atoms with van der Waals surface area (Å²) in [6, 6.07) is 17.1. The molecule has 24 heavy (non-hydrogen) atoms. The number of amides is 1. The standard InChI is InChI=1S/C19H17BrN2O2/c20-16-8-4-7-14(9-16)19(24)22-21-17-10-15(11-18(23)12-17)13-5-2-1-3-6-13/h1-9,12,15,21H,10-11H2,(H,22,24)/t15-/m1/s1. The predicted molar refractivity (Wildman–Crippen MR) is 96.3 cm³/mol. The van der Waals surface area contributed by atoms with Gasteiger partial charge in [-0.2, -0.15) is 0 Å². The number of hydrogen-bond donors (Lipinski definition) is 2. The third-order valence-electron chi connectivity index (χ3n) is 3.94. The predicted octanol–water partition coefficient (Wildman–Crippen LogP) is 3.71. The van der Waals surface area contributed by atoms with Crippen molar-refractivity contribution in [1.29, 1.82) is 0 Å². The number of ketones is 1. The van der Waals surface area contributed by atoms with Crippen LogP contribution < -0.4 is 10.9 Å². The van der Waals surface area contributed by atoms with E-state index in [4.69, 9.17) is 0 Å². The molecule has 1 atom stereocenters. The summed E-state index contributed by atoms with van der Waals surface area (Å²) in [5.74, 6) is -0.0465. The third kappa shape index (κ3) is 4.11. The van der Waals surface area contributed by atoms with Gasteiger partial charge in [0, 0.05) is 28.2 Å². The molecule has 2 aromatic rings. The Balaban J connectivity index is 1.64. The van der Waals surface area contributed by atoms with Crippen LogP contribution >= 0.6 is 15.9 Å². The van der Waals surface area contributed by atoms with Crippen molar-refractivity contribution >= 4 is 27.6 Å². The molecule has 0 aliphatic heterocycles. The summed E-state index contributed by atoms with van der Waals surface area (Å²) in [5.41, 5.74) is 7.96. The van der Waals surface area contributed by atoms with Gasteiger partial charge in [-0.3, -0.25) is 15.0 Å². The molecular weight excluding hydrogens is 368 g/mol. The maximum atomic E-state index is 12.2. The van der Waals surface area contributed by atoms with Crippen molar-refractivity contribution in [3.8, 4) is 0 Å². The summed E-state index contributed by atoms with van der Waals surface area (Å²) in [6.07, 6.45) is 2.75. The Hall–Kier alpha value is -2.40. The molecule has 5 heteroatoms. The van der Waals surface area contributed by atoms with Crippen molar-refractivity contribution in [2.45, 2.75) is 18.8 Å². The first kappa shape index (κ1) is 16.5. The average Bonchev–Trinajstić information content (AvgIpc) is 2.60. The second-order valence-corrected chi connectivity index (χ2v) is 6.66. The van der Waals surface area contributed by atoms with Gasteiger partial charge in [-0.25, -0.2) is 0 Å². The van der Waals surface area contributed by atoms with Gasteiger partial charge in [-0.1, -0.05) is 52.3 Å². The third-order valence-corrected chi connectivity index (χ3v) is 4.44. The van der Waals surface area contributed by atoms with E-state index in [1.807, 2.05) is 36.4 Å². The maximum Gasteiger partial charge on any atom is 0.269 e. The van der Waals surface area contributed by atoms with Crippen molar-refractivity contribution in [3.05, 3.63) is 82.0 Å². The van der Waals surface area contributed by atoms with E-state index < -0.39 is 0 Å². The van der Waals surface area contributed by atoms with E-state index in [0.29, 0.717) is 18.4 Å². The number of hydrogen-bond acceptors (Lipinski definition) is 3. The maximum absolute atomic E-state index is 12.2. The molecule has 0 heterocycles. The smallest absolute Gasteiger partial charge is 0.269 e. The average molecular weight is 385 g/mol. The zero-order chi connectivity index (χ0) is 16.9. The first-order valence-corrected chi connectivity index (χ1v) is 8.51. The Bertz CT molecular complexity index is 787. The Morgan fingerprint density at radius 1 is 1.04 bits per heavy atom. The van der Waals surface area contributed by atoms with Crippen LogP contribution in [0.25, 0.3) is 0 Å². The van der Waals surface area contributed by atoms with Crippen LogP contribution in [-0.4, -0.2) is 11.7 Å². The number of carbonyl (C=O) groups excluding carboxylic acids is 2. The SMILES string of the molecule is O=C1C=C(NNC(=O)c2cccc(Br)c2)C[C@@H](c2ccccc2)C1. The fourth-order valence-electron chi connectivity index (χ4n) is 2.78. The summed E-state index contributed by atoms with van der Waals surface area (Å²) in [7, 11) is 0. The van der Waals surface area contributed by atoms with Crippen molar-refractivity contribution < 1.29 is 9.59 Å². The van der Waals surface area contributed by atoms with E-state index >= 15 is 0 Å². The van der Waals surface area contributed by atoms with E-state index in [9.17, 15) is 9.59 Å². The second-order valence-electron chi connectivity index (χ2n) is 5.74. The van der Waals surface area contributed by atoms with E-state index in [-0.39, 0.29) is 17.6 Å². The monoisotopic (exact) mass is 384 g/mol. The van der Waals surface area contributed by atoms with Crippen molar-refractivity contribution in [2.24, 2.45) is 0 Å². The van der Waals surface area contributed by atoms with Gasteiger partial charge < -0.3 is 5.43 Å². The minimum atomic E-state index is -0.244. The molecule has 3 rings (SSSR count). The van der Waals surface area contributed by atoms with Gasteiger partial charge in [0.25, 0.3) is 5.91 Å². The lowest BCUT2D eigenvalue weighted by Crippen LogP contribution is -2.38. The number of rotatable bonds is 4. The van der Waals surface area contributed by atoms with Crippen LogP contribution in [0.4, 0.5) is 0 Å². The van der Waals surface area contributed by atoms with E-state index in [2.05, 4.69) is 26.8 Å². The first-order valence-electron chi connectivity index (χ1n) is 7.72. The quantitative estimate of drug-likeness (QED) is 0.789. The van der Waals surface area contributed by atoms with Crippen molar-refractivity contribution in [3.63, 3.8) is 0 Å². The van der Waals surface area contributed by atoms with Crippen LogP contribution in [0, 0.1) is 0 Å². The molecule has 0 spiro atoms. The van der Waals surface area contributed by atoms with Crippen LogP contribution in [-0.2, 0) is 4.79 Å². The summed E-state index contributed by atoms with van der Waals surface area (Å²) in [5, 5.41) is 0. The van der Waals surface area contributed by atoms with Gasteiger partial charge >= 0.3 is 0 Å². The van der Waals surface area contributed by atoms with E-state index in [1.54, 1.807) is 24.3 Å². The Morgan fingerprint density at radius 2 is 1.83 bits per heavy atom. The van der Waals surface area contributed by atoms with Crippen LogP contribution in [0.1, 0.15) is 34.7 Å². The number of allylic oxidation sites excluding steroid dienone is 2. The molecule has 0 saturated carbocycles. The van der Waals surface area contributed by atoms with Crippen LogP contribution in [0.3, 0.4) is 0 Å². The Labute approximate surface area is 149 Å². The number of benzene rings is 2. The Morgan fingerprint density at radius 3 is 2.58 bits per heavy atom. The molecule has 0 saturated heterocycles. The summed E-state index contributed by atoms with van der Waals surface area (Å²) in [4.78, 5) is 24.1. The van der Waals surface area contributed by atoms with Gasteiger partial charge in [0.2, 0.25) is 0 Å². The molecule has 0 radical (unpaired) electrons. The zero-order valence-corrected chi connectivity index (χ0v) is 14.5. The van der Waals surface area contributed by atoms with Gasteiger partial charge in [0.15, 0.2) is 5.78 Å². The fraction of sp³-hybridized carbons (Fsp3) is 0.158. The van der Waals surface area contributed by atoms with E-state index in [1.165, 1.54) is 0 Å². The molecule has 0 unspecified atom stereocenters. The Kier molecular flexibility index (Phi) is 5.11. The minimum Gasteiger partial charge on any atom is -0.302 e. The van der Waals surface area contributed by atoms with Gasteiger partial charge in [0.05, 0.1) is 0 Å². The molecule has 2 aromatic carbocycles. The molecule has 1 aliphatic rings. The normalized spacial score (nSPS) is 17.1. The van der Waals surface area contributed by atoms with Gasteiger partial charge in [0.1, 0.15) is 0 Å². The highest BCUT2D eigenvalue weighted by molar-refractivity contribution is 9.10. The van der Waals surface area contributed by atoms with Crippen molar-refractivity contribution in [1.82, 2.24) is 10.9 Å². The summed E-state index contributed by atoms with van der Waals surface area (Å²) < 4.78 is 0.839. The summed E-state index contributed by atoms with van der Waals surface area (Å²) >= 11 is 3.34. The van der Waals surface area contributed by atoms with Gasteiger partial charge in [-0.15, -0.1) is 0 Å². The number of nitrogens with one attached hydrogen (secondary N) is 2. The fourth-order valence-corrected chi connectivity index (χ4v) is 3.18. The lowest BCUT2D eigenvalue weighted by Gasteiger charge is -2.23. The molecular formula is C19H17BrN2O2. The largest absolute Gasteiger partial charge is 0.302 e. The topological polar surface area (TPSA) is 58.2 Å². The molecule has 0 bridgehead atoms. The van der Waals surface area contributed by atoms with Crippen LogP contribution in [0.2, 0.25) is 0 Å². The second kappa shape index (κ2) is 7.45. The molecule has 2 N–H and O–H groups in total. The molecule has 122 valence electrons. The number of carbonyl (C=O) groups is 2. The molecule has 0 fully saturated rings. The summed E-state index contributed by atoms with van der Waals surface area (Å²) in [6.45, 7) is 0. The van der Waals surface area contributed by atoms with Gasteiger partial charge in [-0.05, 0) is 36.1 Å². The van der Waals surface area contributed by atoms with Crippen LogP contribution in [0.5, 0.6) is 0 Å². The minimum absolute atomic E-state index is 0.0642. The number of hydrazine groups is 1. The zero-order valence-electron chi connectivity index (χ0n) is 13.0. The molecule has 0 aromatic heterocycles. The van der Waals surface area contributed by atoms with Crippen molar-refractivity contribution in [2.75, 3.05) is 0 Å². The van der Waals surface area contributed by atoms with Crippen LogP contribution in [0.15, 0.2) is 70.8 Å². The number of halogens is 1.